The van der Waals surface area contributed by atoms with E-state index in [1.807, 2.05) is 45.0 Å². The Balaban J connectivity index is 1.79. The first kappa shape index (κ1) is 26.9. The quantitative estimate of drug-likeness (QED) is 0.459. The fraction of sp³-hybridized carbons (Fsp3) is 0.444. The van der Waals surface area contributed by atoms with Gasteiger partial charge in [-0.2, -0.15) is 0 Å². The van der Waals surface area contributed by atoms with Gasteiger partial charge in [0.2, 0.25) is 5.82 Å². The molecule has 0 unspecified atom stereocenters. The number of nitrogens with one attached hydrogen (secondary N) is 1. The minimum absolute atomic E-state index is 0.0184. The highest BCUT2D eigenvalue weighted by atomic mass is 35.5. The van der Waals surface area contributed by atoms with E-state index in [-0.39, 0.29) is 23.4 Å². The van der Waals surface area contributed by atoms with Crippen molar-refractivity contribution < 1.29 is 14.6 Å². The molecule has 1 aliphatic rings. The van der Waals surface area contributed by atoms with Crippen LogP contribution in [0.3, 0.4) is 0 Å². The van der Waals surface area contributed by atoms with Crippen LogP contribution in [-0.2, 0) is 6.54 Å². The largest absolute Gasteiger partial charge is 0.507 e. The van der Waals surface area contributed by atoms with Crippen molar-refractivity contribution in [3.8, 4) is 28.6 Å². The van der Waals surface area contributed by atoms with Gasteiger partial charge in [-0.25, -0.2) is 0 Å². The summed E-state index contributed by atoms with van der Waals surface area (Å²) in [6.07, 6.45) is 0. The Hall–Kier alpha value is -3.14. The normalized spacial score (nSPS) is 14.8. The average molecular weight is 527 g/mol. The number of carbonyl (C=O) groups excluding carboxylic acids is 1. The molecule has 37 heavy (non-hydrogen) atoms. The van der Waals surface area contributed by atoms with E-state index in [2.05, 4.69) is 32.4 Å². The van der Waals surface area contributed by atoms with Crippen LogP contribution in [0.15, 0.2) is 30.3 Å². The molecule has 1 fully saturated rings. The van der Waals surface area contributed by atoms with Crippen molar-refractivity contribution in [2.24, 2.45) is 0 Å². The third-order valence-electron chi connectivity index (χ3n) is 6.70. The lowest BCUT2D eigenvalue weighted by atomic mass is 9.98. The summed E-state index contributed by atoms with van der Waals surface area (Å²) in [5.41, 5.74) is 3.00. The van der Waals surface area contributed by atoms with Gasteiger partial charge < -0.3 is 20.1 Å². The van der Waals surface area contributed by atoms with E-state index in [9.17, 15) is 9.90 Å². The van der Waals surface area contributed by atoms with Crippen molar-refractivity contribution in [2.75, 3.05) is 46.9 Å². The van der Waals surface area contributed by atoms with Crippen LogP contribution in [0.5, 0.6) is 11.5 Å². The number of nitrogens with zero attached hydrogens (tertiary/aromatic N) is 5. The molecule has 3 aromatic rings. The average Bonchev–Trinajstić information content (AvgIpc) is 3.31. The van der Waals surface area contributed by atoms with Crippen molar-refractivity contribution in [1.29, 1.82) is 0 Å². The van der Waals surface area contributed by atoms with Crippen LogP contribution in [0, 0.1) is 0 Å². The van der Waals surface area contributed by atoms with Crippen molar-refractivity contribution in [3.05, 3.63) is 52.3 Å². The molecule has 0 saturated carbocycles. The first-order valence-electron chi connectivity index (χ1n) is 12.6. The lowest BCUT2D eigenvalue weighted by Crippen LogP contribution is -2.43. The van der Waals surface area contributed by atoms with E-state index in [1.54, 1.807) is 17.7 Å². The second-order valence-electron chi connectivity index (χ2n) is 9.66. The van der Waals surface area contributed by atoms with Crippen LogP contribution in [0.4, 0.5) is 0 Å². The minimum atomic E-state index is -0.365. The summed E-state index contributed by atoms with van der Waals surface area (Å²) in [6.45, 7) is 11.2. The number of likely N-dealkylation sites (N-methyl/N-ethyl adjacent to an activating group) is 1. The summed E-state index contributed by atoms with van der Waals surface area (Å²) >= 11 is 6.77. The molecule has 2 N–H and O–H groups in total. The number of piperazine rings is 1. The third kappa shape index (κ3) is 5.74. The fourth-order valence-corrected chi connectivity index (χ4v) is 4.77. The Morgan fingerprint density at radius 2 is 1.89 bits per heavy atom. The van der Waals surface area contributed by atoms with E-state index >= 15 is 0 Å². The zero-order chi connectivity index (χ0) is 26.7. The zero-order valence-electron chi connectivity index (χ0n) is 22.1. The van der Waals surface area contributed by atoms with Crippen LogP contribution >= 0.6 is 11.6 Å². The summed E-state index contributed by atoms with van der Waals surface area (Å²) < 4.78 is 7.12. The molecule has 1 aliphatic heterocycles. The molecule has 1 aromatic heterocycles. The van der Waals surface area contributed by atoms with Gasteiger partial charge in [0, 0.05) is 50.4 Å². The minimum Gasteiger partial charge on any atom is -0.507 e. The number of phenolic OH excluding ortho intramolecular Hbond substituents is 1. The number of aromatic hydroxyl groups is 1. The highest BCUT2D eigenvalue weighted by Crippen LogP contribution is 2.39. The highest BCUT2D eigenvalue weighted by molar-refractivity contribution is 6.31. The van der Waals surface area contributed by atoms with Gasteiger partial charge in [0.05, 0.1) is 18.4 Å². The van der Waals surface area contributed by atoms with E-state index in [1.165, 1.54) is 0 Å². The van der Waals surface area contributed by atoms with Gasteiger partial charge in [0.15, 0.2) is 5.82 Å². The lowest BCUT2D eigenvalue weighted by molar-refractivity contribution is 0.0943. The molecule has 4 rings (SSSR count). The first-order valence-corrected chi connectivity index (χ1v) is 13.0. The number of hydrogen-bond donors (Lipinski definition) is 2. The maximum absolute atomic E-state index is 12.9. The summed E-state index contributed by atoms with van der Waals surface area (Å²) in [7, 11) is 3.70. The number of methoxy groups -OCH3 is 1. The van der Waals surface area contributed by atoms with Gasteiger partial charge in [-0.05, 0) is 49.2 Å². The van der Waals surface area contributed by atoms with E-state index in [4.69, 9.17) is 16.3 Å². The monoisotopic (exact) mass is 526 g/mol. The van der Waals surface area contributed by atoms with Gasteiger partial charge in [0.1, 0.15) is 11.5 Å². The first-order chi connectivity index (χ1) is 17.7. The number of carbonyl (C=O) groups is 1. The number of aromatic nitrogens is 3. The molecular formula is C27H35ClN6O3. The Morgan fingerprint density at radius 1 is 1.16 bits per heavy atom. The van der Waals surface area contributed by atoms with Gasteiger partial charge in [-0.1, -0.05) is 31.5 Å². The fourth-order valence-electron chi connectivity index (χ4n) is 4.53. The number of amides is 1. The van der Waals surface area contributed by atoms with Gasteiger partial charge >= 0.3 is 0 Å². The zero-order valence-corrected chi connectivity index (χ0v) is 22.8. The van der Waals surface area contributed by atoms with Crippen molar-refractivity contribution >= 4 is 17.5 Å². The number of rotatable bonds is 8. The molecule has 0 aliphatic carbocycles. The topological polar surface area (TPSA) is 95.8 Å². The maximum Gasteiger partial charge on any atom is 0.289 e. The molecule has 0 atom stereocenters. The Kier molecular flexibility index (Phi) is 8.36. The summed E-state index contributed by atoms with van der Waals surface area (Å²) in [5.74, 6) is 0.790. The SMILES string of the molecule is CCNC(=O)c1nnc(-c2cc(C(C)C)c(OC)cc2O)n1-c1ccc(CN2CCN(C)CC2)c(Cl)c1. The summed E-state index contributed by atoms with van der Waals surface area (Å²) in [6, 6.07) is 9.13. The molecule has 2 heterocycles. The molecule has 0 bridgehead atoms. The Bertz CT molecular complexity index is 1270. The van der Waals surface area contributed by atoms with Crippen molar-refractivity contribution in [3.63, 3.8) is 0 Å². The van der Waals surface area contributed by atoms with Crippen molar-refractivity contribution in [2.45, 2.75) is 33.2 Å². The van der Waals surface area contributed by atoms with Crippen LogP contribution in [0.1, 0.15) is 48.4 Å². The second-order valence-corrected chi connectivity index (χ2v) is 10.1. The third-order valence-corrected chi connectivity index (χ3v) is 7.05. The predicted octanol–water partition coefficient (Wildman–Crippen LogP) is 3.92. The summed E-state index contributed by atoms with van der Waals surface area (Å²) in [5, 5.41) is 22.8. The van der Waals surface area contributed by atoms with Crippen LogP contribution in [-0.4, -0.2) is 82.5 Å². The molecule has 0 radical (unpaired) electrons. The molecule has 9 nitrogen and oxygen atoms in total. The highest BCUT2D eigenvalue weighted by Gasteiger charge is 2.25. The molecule has 10 heteroatoms. The van der Waals surface area contributed by atoms with Crippen molar-refractivity contribution in [1.82, 2.24) is 29.9 Å². The van der Waals surface area contributed by atoms with E-state index in [0.29, 0.717) is 34.4 Å². The molecule has 2 aromatic carbocycles. The Morgan fingerprint density at radius 3 is 2.51 bits per heavy atom. The Labute approximate surface area is 223 Å². The van der Waals surface area contributed by atoms with Crippen LogP contribution in [0.25, 0.3) is 17.1 Å². The smallest absolute Gasteiger partial charge is 0.289 e. The predicted molar refractivity (Wildman–Crippen MR) is 145 cm³/mol. The molecule has 1 amide bonds. The number of halogens is 1. The van der Waals surface area contributed by atoms with Crippen LogP contribution < -0.4 is 10.1 Å². The second kappa shape index (κ2) is 11.5. The molecule has 1 saturated heterocycles. The van der Waals surface area contributed by atoms with Gasteiger partial charge in [-0.3, -0.25) is 14.3 Å². The molecular weight excluding hydrogens is 492 g/mol. The van der Waals surface area contributed by atoms with E-state index < -0.39 is 0 Å². The van der Waals surface area contributed by atoms with Crippen LogP contribution in [0.2, 0.25) is 5.02 Å². The number of benzene rings is 2. The maximum atomic E-state index is 12.9. The number of hydrogen-bond acceptors (Lipinski definition) is 7. The lowest BCUT2D eigenvalue weighted by Gasteiger charge is -2.32. The number of ether oxygens (including phenoxy) is 1. The summed E-state index contributed by atoms with van der Waals surface area (Å²) in [4.78, 5) is 17.6. The number of phenols is 1. The van der Waals surface area contributed by atoms with Gasteiger partial charge in [-0.15, -0.1) is 10.2 Å². The van der Waals surface area contributed by atoms with Gasteiger partial charge in [0.25, 0.3) is 5.91 Å². The molecule has 198 valence electrons. The standard InChI is InChI=1S/C27H35ClN6O3/c1-6-29-27(36)26-31-30-25(21-14-20(17(2)3)24(37-5)15-23(21)35)34(26)19-8-7-18(22(28)13-19)16-33-11-9-32(4)10-12-33/h7-8,13-15,17,35H,6,9-12,16H2,1-5H3,(H,29,36). The molecule has 0 spiro atoms. The van der Waals surface area contributed by atoms with E-state index in [0.717, 1.165) is 43.9 Å².